The quantitative estimate of drug-likeness (QED) is 0.572. The van der Waals surface area contributed by atoms with Crippen LogP contribution in [-0.2, 0) is 9.59 Å². The normalized spacial score (nSPS) is 15.2. The number of hydrogen-bond acceptors (Lipinski definition) is 7. The van der Waals surface area contributed by atoms with Crippen molar-refractivity contribution in [2.24, 2.45) is 0 Å². The third-order valence-electron chi connectivity index (χ3n) is 3.46. The van der Waals surface area contributed by atoms with Crippen LogP contribution in [0.3, 0.4) is 0 Å². The molecule has 1 atom stereocenters. The van der Waals surface area contributed by atoms with Crippen LogP contribution in [0.4, 0.5) is 10.5 Å². The summed E-state index contributed by atoms with van der Waals surface area (Å²) in [5.74, 6) is -0.673. The summed E-state index contributed by atoms with van der Waals surface area (Å²) in [6, 6.07) is 4.45. The Morgan fingerprint density at radius 3 is 2.80 bits per heavy atom. The molecule has 0 bridgehead atoms. The number of carbonyl (C=O) groups excluding carboxylic acids is 3. The molecule has 9 nitrogen and oxygen atoms in total. The fourth-order valence-corrected chi connectivity index (χ4v) is 2.90. The first-order valence-electron chi connectivity index (χ1n) is 7.46. The number of nitrogens with zero attached hydrogens (tertiary/aromatic N) is 2. The van der Waals surface area contributed by atoms with Crippen molar-refractivity contribution in [3.63, 3.8) is 0 Å². The Balaban J connectivity index is 1.89. The van der Waals surface area contributed by atoms with Crippen LogP contribution in [0.1, 0.15) is 12.5 Å². The predicted molar refractivity (Wildman–Crippen MR) is 90.5 cm³/mol. The van der Waals surface area contributed by atoms with Gasteiger partial charge in [-0.2, -0.15) is 0 Å². The maximum atomic E-state index is 12.0. The largest absolute Gasteiger partial charge is 0.474 e. The molecule has 10 heteroatoms. The molecule has 0 aliphatic carbocycles. The minimum Gasteiger partial charge on any atom is -0.474 e. The van der Waals surface area contributed by atoms with Crippen LogP contribution in [0.15, 0.2) is 18.2 Å². The molecular formula is C15H17N3O6S. The number of imide groups is 1. The predicted octanol–water partition coefficient (Wildman–Crippen LogP) is 1.48. The number of thioether (sulfide) groups is 1. The van der Waals surface area contributed by atoms with Gasteiger partial charge in [0.05, 0.1) is 10.7 Å². The van der Waals surface area contributed by atoms with Crippen LogP contribution in [0.2, 0.25) is 0 Å². The Hall–Kier alpha value is -2.62. The molecule has 0 aromatic heterocycles. The molecule has 1 aliphatic rings. The molecule has 0 unspecified atom stereocenters. The average molecular weight is 367 g/mol. The SMILES string of the molecule is Cc1ccc(O[C@H](C)C(=O)NCCN2C(=O)CSC2=O)c([N+](=O)[O-])c1. The summed E-state index contributed by atoms with van der Waals surface area (Å²) in [6.07, 6.45) is -0.972. The third-order valence-corrected chi connectivity index (χ3v) is 4.32. The standard InChI is InChI=1S/C15H17N3O6S/c1-9-3-4-12(11(7-9)18(22)23)24-10(2)14(20)16-5-6-17-13(19)8-25-15(17)21/h3-4,7,10H,5-6,8H2,1-2H3,(H,16,20)/t10-/m1/s1. The van der Waals surface area contributed by atoms with E-state index in [1.165, 1.54) is 19.1 Å². The van der Waals surface area contributed by atoms with Crippen molar-refractivity contribution in [1.82, 2.24) is 10.2 Å². The van der Waals surface area contributed by atoms with Crippen LogP contribution in [0.5, 0.6) is 5.75 Å². The Morgan fingerprint density at radius 1 is 1.48 bits per heavy atom. The molecule has 0 saturated carbocycles. The van der Waals surface area contributed by atoms with Crippen molar-refractivity contribution in [1.29, 1.82) is 0 Å². The lowest BCUT2D eigenvalue weighted by molar-refractivity contribution is -0.386. The number of rotatable bonds is 7. The Morgan fingerprint density at radius 2 is 2.20 bits per heavy atom. The number of hydrogen-bond donors (Lipinski definition) is 1. The topological polar surface area (TPSA) is 119 Å². The van der Waals surface area contributed by atoms with Gasteiger partial charge >= 0.3 is 5.69 Å². The van der Waals surface area contributed by atoms with Crippen molar-refractivity contribution in [2.75, 3.05) is 18.8 Å². The van der Waals surface area contributed by atoms with E-state index in [1.807, 2.05) is 0 Å². The van der Waals surface area contributed by atoms with Crippen molar-refractivity contribution in [2.45, 2.75) is 20.0 Å². The molecule has 0 spiro atoms. The molecule has 1 aromatic carbocycles. The fraction of sp³-hybridized carbons (Fsp3) is 0.400. The first-order chi connectivity index (χ1) is 11.8. The zero-order valence-electron chi connectivity index (χ0n) is 13.7. The van der Waals surface area contributed by atoms with Gasteiger partial charge in [0.25, 0.3) is 11.1 Å². The molecule has 1 saturated heterocycles. The molecule has 1 aliphatic heterocycles. The number of nitro benzene ring substituents is 1. The van der Waals surface area contributed by atoms with Crippen molar-refractivity contribution in [3.05, 3.63) is 33.9 Å². The number of nitro groups is 1. The maximum absolute atomic E-state index is 12.0. The summed E-state index contributed by atoms with van der Waals surface area (Å²) < 4.78 is 5.38. The van der Waals surface area contributed by atoms with Crippen molar-refractivity contribution >= 4 is 34.5 Å². The Bertz CT molecular complexity index is 707. The zero-order chi connectivity index (χ0) is 18.6. The lowest BCUT2D eigenvalue weighted by atomic mass is 10.2. The molecule has 134 valence electrons. The summed E-state index contributed by atoms with van der Waals surface area (Å²) >= 11 is 0.922. The van der Waals surface area contributed by atoms with E-state index in [0.717, 1.165) is 16.7 Å². The maximum Gasteiger partial charge on any atom is 0.311 e. The van der Waals surface area contributed by atoms with Crippen molar-refractivity contribution in [3.8, 4) is 5.75 Å². The molecule has 0 radical (unpaired) electrons. The van der Waals surface area contributed by atoms with E-state index < -0.39 is 16.9 Å². The minimum absolute atomic E-state index is 0.000418. The molecule has 1 aromatic rings. The zero-order valence-corrected chi connectivity index (χ0v) is 14.5. The summed E-state index contributed by atoms with van der Waals surface area (Å²) in [5.41, 5.74) is 0.485. The van der Waals surface area contributed by atoms with Gasteiger partial charge in [-0.05, 0) is 25.5 Å². The lowest BCUT2D eigenvalue weighted by Gasteiger charge is -2.17. The smallest absolute Gasteiger partial charge is 0.311 e. The van der Waals surface area contributed by atoms with Gasteiger partial charge in [-0.3, -0.25) is 29.4 Å². The highest BCUT2D eigenvalue weighted by molar-refractivity contribution is 8.14. The van der Waals surface area contributed by atoms with E-state index >= 15 is 0 Å². The van der Waals surface area contributed by atoms with Gasteiger partial charge in [0.2, 0.25) is 5.91 Å². The van der Waals surface area contributed by atoms with Gasteiger partial charge in [-0.25, -0.2) is 0 Å². The van der Waals surface area contributed by atoms with E-state index in [4.69, 9.17) is 4.74 Å². The van der Waals surface area contributed by atoms with Crippen LogP contribution >= 0.6 is 11.8 Å². The Kier molecular flexibility index (Phi) is 5.97. The number of ether oxygens (including phenoxy) is 1. The molecule has 2 rings (SSSR count). The van der Waals surface area contributed by atoms with E-state index in [0.29, 0.717) is 5.56 Å². The monoisotopic (exact) mass is 367 g/mol. The third kappa shape index (κ3) is 4.69. The molecular weight excluding hydrogens is 350 g/mol. The second-order valence-corrected chi connectivity index (χ2v) is 6.31. The van der Waals surface area contributed by atoms with Crippen LogP contribution in [0, 0.1) is 17.0 Å². The summed E-state index contributed by atoms with van der Waals surface area (Å²) in [7, 11) is 0. The van der Waals surface area contributed by atoms with Crippen LogP contribution in [0.25, 0.3) is 0 Å². The lowest BCUT2D eigenvalue weighted by Crippen LogP contribution is -2.42. The molecule has 25 heavy (non-hydrogen) atoms. The molecule has 1 fully saturated rings. The van der Waals surface area contributed by atoms with E-state index in [-0.39, 0.29) is 41.4 Å². The average Bonchev–Trinajstić information content (AvgIpc) is 2.87. The highest BCUT2D eigenvalue weighted by Gasteiger charge is 2.29. The molecule has 1 heterocycles. The first kappa shape index (κ1) is 18.7. The second-order valence-electron chi connectivity index (χ2n) is 5.38. The summed E-state index contributed by atoms with van der Waals surface area (Å²) in [5, 5.41) is 13.3. The van der Waals surface area contributed by atoms with Gasteiger partial charge < -0.3 is 10.1 Å². The van der Waals surface area contributed by atoms with Crippen LogP contribution < -0.4 is 10.1 Å². The molecule has 3 amide bonds. The van der Waals surface area contributed by atoms with Gasteiger partial charge in [-0.1, -0.05) is 17.8 Å². The summed E-state index contributed by atoms with van der Waals surface area (Å²) in [4.78, 5) is 46.5. The van der Waals surface area contributed by atoms with E-state index in [9.17, 15) is 24.5 Å². The van der Waals surface area contributed by atoms with Gasteiger partial charge in [0.1, 0.15) is 0 Å². The highest BCUT2D eigenvalue weighted by Crippen LogP contribution is 2.28. The van der Waals surface area contributed by atoms with Gasteiger partial charge in [-0.15, -0.1) is 0 Å². The first-order valence-corrected chi connectivity index (χ1v) is 8.44. The van der Waals surface area contributed by atoms with Gasteiger partial charge in [0.15, 0.2) is 11.9 Å². The number of carbonyl (C=O) groups is 3. The summed E-state index contributed by atoms with van der Waals surface area (Å²) in [6.45, 7) is 3.33. The Labute approximate surface area is 147 Å². The van der Waals surface area contributed by atoms with Crippen molar-refractivity contribution < 1.29 is 24.0 Å². The van der Waals surface area contributed by atoms with Gasteiger partial charge in [0, 0.05) is 19.2 Å². The second kappa shape index (κ2) is 7.97. The highest BCUT2D eigenvalue weighted by atomic mass is 32.2. The number of amides is 3. The van der Waals surface area contributed by atoms with E-state index in [2.05, 4.69) is 5.32 Å². The van der Waals surface area contributed by atoms with E-state index in [1.54, 1.807) is 13.0 Å². The number of benzene rings is 1. The number of aryl methyl sites for hydroxylation is 1. The number of nitrogens with one attached hydrogen (secondary N) is 1. The fourth-order valence-electron chi connectivity index (χ4n) is 2.15. The molecule has 1 N–H and O–H groups in total. The minimum atomic E-state index is -0.972. The van der Waals surface area contributed by atoms with Crippen LogP contribution in [-0.4, -0.2) is 51.8 Å².